The second-order valence-corrected chi connectivity index (χ2v) is 5.38. The number of thiophene rings is 1. The highest BCUT2D eigenvalue weighted by Gasteiger charge is 2.08. The number of hydrogen-bond acceptors (Lipinski definition) is 4. The zero-order chi connectivity index (χ0) is 14.4. The molecule has 0 bridgehead atoms. The van der Waals surface area contributed by atoms with E-state index < -0.39 is 0 Å². The molecule has 4 nitrogen and oxygen atoms in total. The lowest BCUT2D eigenvalue weighted by Crippen LogP contribution is -2.29. The maximum absolute atomic E-state index is 11.9. The lowest BCUT2D eigenvalue weighted by Gasteiger charge is -2.12. The topological polar surface area (TPSA) is 50.4 Å². The van der Waals surface area contributed by atoms with Crippen molar-refractivity contribution in [3.63, 3.8) is 0 Å². The highest BCUT2D eigenvalue weighted by Crippen LogP contribution is 2.18. The molecular weight excluding hydrogens is 272 g/mol. The molecule has 2 N–H and O–H groups in total. The first-order valence-electron chi connectivity index (χ1n) is 6.39. The molecule has 0 aliphatic carbocycles. The Morgan fingerprint density at radius 2 is 2.20 bits per heavy atom. The van der Waals surface area contributed by atoms with Crippen LogP contribution in [0.1, 0.15) is 17.8 Å². The quantitative estimate of drug-likeness (QED) is 0.859. The van der Waals surface area contributed by atoms with Crippen LogP contribution < -0.4 is 15.4 Å². The molecule has 0 spiro atoms. The van der Waals surface area contributed by atoms with E-state index in [2.05, 4.69) is 16.7 Å². The summed E-state index contributed by atoms with van der Waals surface area (Å²) in [6, 6.07) is 11.6. The number of carbonyl (C=O) groups excluding carboxylic acids is 1. The van der Waals surface area contributed by atoms with Crippen molar-refractivity contribution in [3.8, 4) is 5.75 Å². The predicted molar refractivity (Wildman–Crippen MR) is 82.4 cm³/mol. The molecule has 1 unspecified atom stereocenters. The van der Waals surface area contributed by atoms with Crippen molar-refractivity contribution in [1.29, 1.82) is 0 Å². The molecule has 1 heterocycles. The standard InChI is InChI=1S/C15H18N2O2S/c1-11(14-7-4-8-20-14)16-10-15(18)17-12-5-3-6-13(9-12)19-2/h3-9,11,16H,10H2,1-2H3,(H,17,18). The molecule has 106 valence electrons. The van der Waals surface area contributed by atoms with Crippen LogP contribution in [0, 0.1) is 0 Å². The van der Waals surface area contributed by atoms with Gasteiger partial charge in [0.25, 0.3) is 0 Å². The Kier molecular flexibility index (Phi) is 5.15. The second-order valence-electron chi connectivity index (χ2n) is 4.40. The molecule has 5 heteroatoms. The molecule has 0 radical (unpaired) electrons. The largest absolute Gasteiger partial charge is 0.497 e. The first-order valence-corrected chi connectivity index (χ1v) is 7.27. The van der Waals surface area contributed by atoms with Crippen LogP contribution in [0.3, 0.4) is 0 Å². The smallest absolute Gasteiger partial charge is 0.238 e. The minimum Gasteiger partial charge on any atom is -0.497 e. The van der Waals surface area contributed by atoms with E-state index in [0.717, 1.165) is 11.4 Å². The van der Waals surface area contributed by atoms with E-state index in [-0.39, 0.29) is 18.5 Å². The van der Waals surface area contributed by atoms with Gasteiger partial charge in [0.1, 0.15) is 5.75 Å². The minimum absolute atomic E-state index is 0.0679. The van der Waals surface area contributed by atoms with Crippen LogP contribution >= 0.6 is 11.3 Å². The van der Waals surface area contributed by atoms with Crippen LogP contribution in [0.5, 0.6) is 5.75 Å². The van der Waals surface area contributed by atoms with Crippen LogP contribution in [0.2, 0.25) is 0 Å². The molecule has 0 saturated heterocycles. The van der Waals surface area contributed by atoms with Crippen molar-refractivity contribution in [3.05, 3.63) is 46.7 Å². The summed E-state index contributed by atoms with van der Waals surface area (Å²) in [6.07, 6.45) is 0. The SMILES string of the molecule is COc1cccc(NC(=O)CNC(C)c2cccs2)c1. The van der Waals surface area contributed by atoms with Gasteiger partial charge in [-0.05, 0) is 30.5 Å². The van der Waals surface area contributed by atoms with Gasteiger partial charge in [0, 0.05) is 22.7 Å². The number of hydrogen-bond donors (Lipinski definition) is 2. The minimum atomic E-state index is -0.0679. The zero-order valence-electron chi connectivity index (χ0n) is 11.6. The van der Waals surface area contributed by atoms with Crippen LogP contribution in [-0.2, 0) is 4.79 Å². The molecule has 0 aliphatic rings. The highest BCUT2D eigenvalue weighted by molar-refractivity contribution is 7.10. The molecule has 1 aromatic carbocycles. The fourth-order valence-corrected chi connectivity index (χ4v) is 2.55. The Bertz CT molecular complexity index is 555. The first kappa shape index (κ1) is 14.6. The Morgan fingerprint density at radius 1 is 1.35 bits per heavy atom. The summed E-state index contributed by atoms with van der Waals surface area (Å²) in [5.74, 6) is 0.657. The predicted octanol–water partition coefficient (Wildman–Crippen LogP) is 3.05. The summed E-state index contributed by atoms with van der Waals surface area (Å²) in [5, 5.41) is 8.07. The molecule has 1 atom stereocenters. The number of rotatable bonds is 6. The van der Waals surface area contributed by atoms with Crippen LogP contribution in [0.15, 0.2) is 41.8 Å². The summed E-state index contributed by atoms with van der Waals surface area (Å²) >= 11 is 1.68. The van der Waals surface area contributed by atoms with Gasteiger partial charge in [0.2, 0.25) is 5.91 Å². The van der Waals surface area contributed by atoms with E-state index in [4.69, 9.17) is 4.74 Å². The third kappa shape index (κ3) is 4.08. The fourth-order valence-electron chi connectivity index (χ4n) is 1.79. The Labute approximate surface area is 122 Å². The lowest BCUT2D eigenvalue weighted by molar-refractivity contribution is -0.115. The maximum Gasteiger partial charge on any atom is 0.238 e. The van der Waals surface area contributed by atoms with E-state index in [0.29, 0.717) is 0 Å². The van der Waals surface area contributed by atoms with Crippen LogP contribution in [0.25, 0.3) is 0 Å². The van der Waals surface area contributed by atoms with Gasteiger partial charge >= 0.3 is 0 Å². The number of benzene rings is 1. The molecule has 2 rings (SSSR count). The number of anilines is 1. The highest BCUT2D eigenvalue weighted by atomic mass is 32.1. The Hall–Kier alpha value is -1.85. The summed E-state index contributed by atoms with van der Waals surface area (Å²) in [4.78, 5) is 13.1. The maximum atomic E-state index is 11.9. The Morgan fingerprint density at radius 3 is 2.90 bits per heavy atom. The monoisotopic (exact) mass is 290 g/mol. The number of ether oxygens (including phenoxy) is 1. The van der Waals surface area contributed by atoms with Gasteiger partial charge in [0.05, 0.1) is 13.7 Å². The van der Waals surface area contributed by atoms with Crippen molar-refractivity contribution >= 4 is 22.9 Å². The van der Waals surface area contributed by atoms with Crippen LogP contribution in [-0.4, -0.2) is 19.6 Å². The van der Waals surface area contributed by atoms with Crippen molar-refractivity contribution < 1.29 is 9.53 Å². The van der Waals surface area contributed by atoms with Gasteiger partial charge in [-0.3, -0.25) is 4.79 Å². The van der Waals surface area contributed by atoms with Gasteiger partial charge in [0.15, 0.2) is 0 Å². The lowest BCUT2D eigenvalue weighted by atomic mass is 10.2. The first-order chi connectivity index (χ1) is 9.69. The van der Waals surface area contributed by atoms with Crippen molar-refractivity contribution in [2.24, 2.45) is 0 Å². The summed E-state index contributed by atoms with van der Waals surface area (Å²) < 4.78 is 5.12. The van der Waals surface area contributed by atoms with Gasteiger partial charge in [-0.25, -0.2) is 0 Å². The summed E-state index contributed by atoms with van der Waals surface area (Å²) in [7, 11) is 1.60. The molecule has 1 amide bonds. The van der Waals surface area contributed by atoms with Gasteiger partial charge < -0.3 is 15.4 Å². The molecule has 0 aliphatic heterocycles. The van der Waals surface area contributed by atoms with E-state index in [1.807, 2.05) is 36.6 Å². The fraction of sp³-hybridized carbons (Fsp3) is 0.267. The van der Waals surface area contributed by atoms with Gasteiger partial charge in [-0.15, -0.1) is 11.3 Å². The van der Waals surface area contributed by atoms with E-state index in [9.17, 15) is 4.79 Å². The summed E-state index contributed by atoms with van der Waals surface area (Å²) in [5.41, 5.74) is 0.736. The van der Waals surface area contributed by atoms with Gasteiger partial charge in [-0.2, -0.15) is 0 Å². The van der Waals surface area contributed by atoms with Crippen LogP contribution in [0.4, 0.5) is 5.69 Å². The molecule has 0 fully saturated rings. The molecule has 2 aromatic rings. The van der Waals surface area contributed by atoms with E-state index in [1.54, 1.807) is 24.5 Å². The van der Waals surface area contributed by atoms with Crippen molar-refractivity contribution in [1.82, 2.24) is 5.32 Å². The van der Waals surface area contributed by atoms with Gasteiger partial charge in [-0.1, -0.05) is 12.1 Å². The number of nitrogens with one attached hydrogen (secondary N) is 2. The van der Waals surface area contributed by atoms with E-state index in [1.165, 1.54) is 4.88 Å². The Balaban J connectivity index is 1.83. The number of amides is 1. The third-order valence-corrected chi connectivity index (χ3v) is 3.95. The van der Waals surface area contributed by atoms with Crippen molar-refractivity contribution in [2.45, 2.75) is 13.0 Å². The molecule has 1 aromatic heterocycles. The number of carbonyl (C=O) groups is 1. The third-order valence-electron chi connectivity index (χ3n) is 2.89. The average Bonchev–Trinajstić information content (AvgIpc) is 2.99. The molecule has 0 saturated carbocycles. The second kappa shape index (κ2) is 7.07. The normalized spacial score (nSPS) is 11.9. The summed E-state index contributed by atoms with van der Waals surface area (Å²) in [6.45, 7) is 2.32. The zero-order valence-corrected chi connectivity index (χ0v) is 12.4. The van der Waals surface area contributed by atoms with E-state index >= 15 is 0 Å². The van der Waals surface area contributed by atoms with Crippen molar-refractivity contribution in [2.75, 3.05) is 19.0 Å². The number of methoxy groups -OCH3 is 1. The molecular formula is C15H18N2O2S. The average molecular weight is 290 g/mol. The molecule has 20 heavy (non-hydrogen) atoms.